The van der Waals surface area contributed by atoms with Crippen molar-refractivity contribution in [3.8, 4) is 0 Å². The van der Waals surface area contributed by atoms with Crippen LogP contribution < -0.4 is 11.2 Å². The van der Waals surface area contributed by atoms with Gasteiger partial charge in [-0.25, -0.2) is 4.79 Å². The molecule has 86 valence electrons. The third-order valence-corrected chi connectivity index (χ3v) is 2.20. The predicted octanol–water partition coefficient (Wildman–Crippen LogP) is -1.70. The van der Waals surface area contributed by atoms with Crippen molar-refractivity contribution in [2.24, 2.45) is 0 Å². The van der Waals surface area contributed by atoms with Crippen LogP contribution in [0.5, 0.6) is 0 Å². The Morgan fingerprint density at radius 3 is 2.81 bits per heavy atom. The number of aromatic amines is 1. The molecule has 0 amide bonds. The molecule has 0 aromatic carbocycles. The second-order valence-electron chi connectivity index (χ2n) is 3.31. The first-order valence-corrected chi connectivity index (χ1v) is 4.59. The van der Waals surface area contributed by atoms with E-state index in [1.165, 1.54) is 12.3 Å². The first kappa shape index (κ1) is 10.7. The number of H-pyrrole nitrogens is 1. The van der Waals surface area contributed by atoms with E-state index in [1.807, 2.05) is 4.98 Å². The van der Waals surface area contributed by atoms with Crippen LogP contribution in [0.1, 0.15) is 6.23 Å². The zero-order valence-electron chi connectivity index (χ0n) is 8.16. The van der Waals surface area contributed by atoms with Crippen LogP contribution >= 0.6 is 0 Å². The fraction of sp³-hybridized carbons (Fsp3) is 0.333. The first-order chi connectivity index (χ1) is 7.61. The summed E-state index contributed by atoms with van der Waals surface area (Å²) in [5.74, 6) is 0.190. The maximum absolute atomic E-state index is 11.4. The van der Waals surface area contributed by atoms with Crippen molar-refractivity contribution in [3.05, 3.63) is 44.9 Å². The van der Waals surface area contributed by atoms with E-state index in [9.17, 15) is 14.7 Å². The van der Waals surface area contributed by atoms with Gasteiger partial charge in [0.2, 0.25) is 6.23 Å². The molecule has 1 aliphatic heterocycles. The van der Waals surface area contributed by atoms with Gasteiger partial charge in [0, 0.05) is 12.3 Å². The minimum atomic E-state index is -1.04. The van der Waals surface area contributed by atoms with Gasteiger partial charge in [-0.05, 0) is 6.08 Å². The Kier molecular flexibility index (Phi) is 2.63. The van der Waals surface area contributed by atoms with Gasteiger partial charge >= 0.3 is 5.69 Å². The fourth-order valence-electron chi connectivity index (χ4n) is 1.48. The molecule has 16 heavy (non-hydrogen) atoms. The van der Waals surface area contributed by atoms with Gasteiger partial charge in [0.1, 0.15) is 18.5 Å². The van der Waals surface area contributed by atoms with E-state index in [0.717, 1.165) is 10.6 Å². The smallest absolute Gasteiger partial charge is 0.331 e. The zero-order valence-corrected chi connectivity index (χ0v) is 8.16. The van der Waals surface area contributed by atoms with Crippen molar-refractivity contribution < 1.29 is 14.9 Å². The summed E-state index contributed by atoms with van der Waals surface area (Å²) in [7, 11) is 0. The van der Waals surface area contributed by atoms with Crippen LogP contribution in [0.25, 0.3) is 0 Å². The highest BCUT2D eigenvalue weighted by molar-refractivity contribution is 5.06. The van der Waals surface area contributed by atoms with Gasteiger partial charge in [-0.3, -0.25) is 14.3 Å². The molecule has 1 aromatic heterocycles. The maximum Gasteiger partial charge on any atom is 0.331 e. The zero-order chi connectivity index (χ0) is 11.7. The average Bonchev–Trinajstić information content (AvgIpc) is 2.60. The van der Waals surface area contributed by atoms with E-state index in [0.29, 0.717) is 0 Å². The molecular formula is C9H10N2O5. The number of nitrogens with zero attached hydrogens (tertiary/aromatic N) is 1. The summed E-state index contributed by atoms with van der Waals surface area (Å²) in [6.07, 6.45) is 0.545. The normalized spacial score (nSPS) is 24.0. The number of aromatic nitrogens is 2. The van der Waals surface area contributed by atoms with Gasteiger partial charge in [-0.2, -0.15) is 0 Å². The molecule has 2 heterocycles. The lowest BCUT2D eigenvalue weighted by Crippen LogP contribution is -2.35. The molecule has 0 fully saturated rings. The Balaban J connectivity index is 2.34. The molecule has 7 nitrogen and oxygen atoms in total. The van der Waals surface area contributed by atoms with Crippen LogP contribution in [-0.2, 0) is 4.74 Å². The number of aliphatic hydroxyl groups is 2. The Morgan fingerprint density at radius 2 is 2.25 bits per heavy atom. The number of hydrogen-bond acceptors (Lipinski definition) is 5. The molecule has 0 saturated heterocycles. The quantitative estimate of drug-likeness (QED) is 0.557. The van der Waals surface area contributed by atoms with Gasteiger partial charge < -0.3 is 14.9 Å². The van der Waals surface area contributed by atoms with Crippen LogP contribution in [0.15, 0.2) is 33.7 Å². The molecule has 3 N–H and O–H groups in total. The Labute approximate surface area is 89.2 Å². The van der Waals surface area contributed by atoms with Gasteiger partial charge in [-0.1, -0.05) is 0 Å². The average molecular weight is 226 g/mol. The van der Waals surface area contributed by atoms with Gasteiger partial charge in [0.25, 0.3) is 5.56 Å². The largest absolute Gasteiger partial charge is 0.469 e. The Morgan fingerprint density at radius 1 is 1.50 bits per heavy atom. The topological polar surface area (TPSA) is 105 Å². The third kappa shape index (κ3) is 1.77. The van der Waals surface area contributed by atoms with Gasteiger partial charge in [-0.15, -0.1) is 0 Å². The van der Waals surface area contributed by atoms with Crippen LogP contribution in [-0.4, -0.2) is 32.5 Å². The summed E-state index contributed by atoms with van der Waals surface area (Å²) in [5.41, 5.74) is -1.20. The lowest BCUT2D eigenvalue weighted by Gasteiger charge is -2.17. The number of nitrogens with one attached hydrogen (secondary N) is 1. The number of hydrogen-bond donors (Lipinski definition) is 3. The SMILES string of the molecule is O=c1ccn([C@@H]2OC(CO)=C[C@@H]2O)c(=O)[nH]1. The van der Waals surface area contributed by atoms with E-state index in [1.54, 1.807) is 0 Å². The molecule has 0 radical (unpaired) electrons. The number of rotatable bonds is 2. The lowest BCUT2D eigenvalue weighted by atomic mass is 10.3. The highest BCUT2D eigenvalue weighted by Gasteiger charge is 2.29. The monoisotopic (exact) mass is 226 g/mol. The van der Waals surface area contributed by atoms with E-state index < -0.39 is 23.6 Å². The van der Waals surface area contributed by atoms with Crippen molar-refractivity contribution in [2.45, 2.75) is 12.3 Å². The van der Waals surface area contributed by atoms with Crippen LogP contribution in [0.2, 0.25) is 0 Å². The molecule has 0 aliphatic carbocycles. The van der Waals surface area contributed by atoms with E-state index >= 15 is 0 Å². The highest BCUT2D eigenvalue weighted by Crippen LogP contribution is 2.24. The van der Waals surface area contributed by atoms with Crippen molar-refractivity contribution in [1.29, 1.82) is 0 Å². The molecule has 7 heteroatoms. The number of ether oxygens (including phenoxy) is 1. The standard InChI is InChI=1S/C9H10N2O5/c12-4-5-3-6(13)8(16-5)11-2-1-7(14)10-9(11)15/h1-3,6,8,12-13H,4H2,(H,10,14,15)/t6-,8+/m0/s1. The van der Waals surface area contributed by atoms with Crippen molar-refractivity contribution >= 4 is 0 Å². The van der Waals surface area contributed by atoms with Gasteiger partial charge in [0.05, 0.1) is 0 Å². The van der Waals surface area contributed by atoms with Crippen LogP contribution in [0, 0.1) is 0 Å². The summed E-state index contributed by atoms with van der Waals surface area (Å²) < 4.78 is 6.18. The molecule has 1 aromatic rings. The third-order valence-electron chi connectivity index (χ3n) is 2.20. The van der Waals surface area contributed by atoms with Crippen LogP contribution in [0.3, 0.4) is 0 Å². The van der Waals surface area contributed by atoms with E-state index in [-0.39, 0.29) is 12.4 Å². The second kappa shape index (κ2) is 3.95. The molecular weight excluding hydrogens is 216 g/mol. The molecule has 2 rings (SSSR count). The summed E-state index contributed by atoms with van der Waals surface area (Å²) in [5, 5.41) is 18.4. The number of aliphatic hydroxyl groups excluding tert-OH is 2. The molecule has 0 spiro atoms. The molecule has 1 aliphatic rings. The molecule has 0 bridgehead atoms. The Bertz CT molecular complexity index is 529. The Hall–Kier alpha value is -1.86. The lowest BCUT2D eigenvalue weighted by molar-refractivity contribution is -0.0104. The van der Waals surface area contributed by atoms with Crippen molar-refractivity contribution in [1.82, 2.24) is 9.55 Å². The van der Waals surface area contributed by atoms with Gasteiger partial charge in [0.15, 0.2) is 0 Å². The first-order valence-electron chi connectivity index (χ1n) is 4.59. The minimum absolute atomic E-state index is 0.190. The van der Waals surface area contributed by atoms with E-state index in [2.05, 4.69) is 0 Å². The summed E-state index contributed by atoms with van der Waals surface area (Å²) >= 11 is 0. The fourth-order valence-corrected chi connectivity index (χ4v) is 1.48. The molecule has 0 saturated carbocycles. The van der Waals surface area contributed by atoms with E-state index in [4.69, 9.17) is 9.84 Å². The predicted molar refractivity (Wildman–Crippen MR) is 52.6 cm³/mol. The highest BCUT2D eigenvalue weighted by atomic mass is 16.5. The second-order valence-corrected chi connectivity index (χ2v) is 3.31. The summed E-state index contributed by atoms with van der Waals surface area (Å²) in [4.78, 5) is 24.3. The van der Waals surface area contributed by atoms with Crippen molar-refractivity contribution in [2.75, 3.05) is 6.61 Å². The van der Waals surface area contributed by atoms with Crippen LogP contribution in [0.4, 0.5) is 0 Å². The summed E-state index contributed by atoms with van der Waals surface area (Å²) in [6.45, 7) is -0.355. The molecule has 2 atom stereocenters. The molecule has 0 unspecified atom stereocenters. The maximum atomic E-state index is 11.4. The summed E-state index contributed by atoms with van der Waals surface area (Å²) in [6, 6.07) is 1.15. The van der Waals surface area contributed by atoms with Crippen molar-refractivity contribution in [3.63, 3.8) is 0 Å². The minimum Gasteiger partial charge on any atom is -0.469 e.